The van der Waals surface area contributed by atoms with Gasteiger partial charge in [-0.05, 0) is 36.6 Å². The zero-order chi connectivity index (χ0) is 14.9. The maximum absolute atomic E-state index is 12.8. The Bertz CT molecular complexity index is 542. The van der Waals surface area contributed by atoms with Crippen molar-refractivity contribution in [2.75, 3.05) is 23.7 Å². The number of nitrogens with zero attached hydrogens (tertiary/aromatic N) is 2. The minimum absolute atomic E-state index is 0.203. The summed E-state index contributed by atoms with van der Waals surface area (Å²) in [6.45, 7) is 3.78. The first-order chi connectivity index (χ1) is 10.3. The van der Waals surface area contributed by atoms with Crippen LogP contribution in [0.3, 0.4) is 0 Å². The van der Waals surface area contributed by atoms with Gasteiger partial charge in [-0.1, -0.05) is 25.5 Å². The summed E-state index contributed by atoms with van der Waals surface area (Å²) in [5, 5.41) is 6.45. The molecule has 1 aromatic heterocycles. The van der Waals surface area contributed by atoms with E-state index in [2.05, 4.69) is 27.5 Å². The van der Waals surface area contributed by atoms with E-state index in [0.717, 1.165) is 43.7 Å². The van der Waals surface area contributed by atoms with Crippen LogP contribution in [0.15, 0.2) is 36.5 Å². The third-order valence-corrected chi connectivity index (χ3v) is 3.10. The van der Waals surface area contributed by atoms with Gasteiger partial charge in [0.2, 0.25) is 5.95 Å². The van der Waals surface area contributed by atoms with Crippen molar-refractivity contribution in [2.45, 2.75) is 26.2 Å². The van der Waals surface area contributed by atoms with Crippen molar-refractivity contribution in [2.24, 2.45) is 0 Å². The van der Waals surface area contributed by atoms with Crippen LogP contribution < -0.4 is 10.6 Å². The van der Waals surface area contributed by atoms with E-state index < -0.39 is 0 Å². The van der Waals surface area contributed by atoms with E-state index in [4.69, 9.17) is 0 Å². The van der Waals surface area contributed by atoms with Crippen molar-refractivity contribution in [3.05, 3.63) is 47.9 Å². The van der Waals surface area contributed by atoms with Crippen molar-refractivity contribution < 1.29 is 4.39 Å². The largest absolute Gasteiger partial charge is 0.370 e. The molecule has 0 bridgehead atoms. The van der Waals surface area contributed by atoms with Crippen LogP contribution in [0, 0.1) is 5.82 Å². The van der Waals surface area contributed by atoms with Crippen LogP contribution in [0.25, 0.3) is 0 Å². The van der Waals surface area contributed by atoms with Gasteiger partial charge < -0.3 is 10.6 Å². The van der Waals surface area contributed by atoms with Gasteiger partial charge in [-0.2, -0.15) is 4.98 Å². The van der Waals surface area contributed by atoms with Gasteiger partial charge in [0.15, 0.2) is 0 Å². The average molecular weight is 288 g/mol. The lowest BCUT2D eigenvalue weighted by atomic mass is 10.1. The van der Waals surface area contributed by atoms with Gasteiger partial charge in [-0.15, -0.1) is 0 Å². The molecule has 21 heavy (non-hydrogen) atoms. The Morgan fingerprint density at radius 2 is 1.86 bits per heavy atom. The normalized spacial score (nSPS) is 10.4. The quantitative estimate of drug-likeness (QED) is 0.730. The maximum Gasteiger partial charge on any atom is 0.224 e. The summed E-state index contributed by atoms with van der Waals surface area (Å²) in [6, 6.07) is 8.41. The summed E-state index contributed by atoms with van der Waals surface area (Å²) < 4.78 is 12.8. The van der Waals surface area contributed by atoms with Crippen molar-refractivity contribution >= 4 is 11.8 Å². The molecular weight excluding hydrogens is 267 g/mol. The highest BCUT2D eigenvalue weighted by atomic mass is 19.1. The van der Waals surface area contributed by atoms with E-state index in [-0.39, 0.29) is 5.82 Å². The summed E-state index contributed by atoms with van der Waals surface area (Å²) in [6.07, 6.45) is 4.80. The molecule has 0 saturated carbocycles. The van der Waals surface area contributed by atoms with Crippen LogP contribution in [-0.4, -0.2) is 23.1 Å². The second-order valence-corrected chi connectivity index (χ2v) is 4.85. The first-order valence-electron chi connectivity index (χ1n) is 7.33. The van der Waals surface area contributed by atoms with Crippen LogP contribution in [-0.2, 0) is 6.42 Å². The molecule has 0 fully saturated rings. The van der Waals surface area contributed by atoms with E-state index in [0.29, 0.717) is 5.95 Å². The van der Waals surface area contributed by atoms with Gasteiger partial charge in [0, 0.05) is 19.3 Å². The van der Waals surface area contributed by atoms with Crippen molar-refractivity contribution in [3.8, 4) is 0 Å². The van der Waals surface area contributed by atoms with E-state index in [1.165, 1.54) is 12.1 Å². The van der Waals surface area contributed by atoms with Crippen molar-refractivity contribution in [1.29, 1.82) is 0 Å². The lowest BCUT2D eigenvalue weighted by Crippen LogP contribution is -2.09. The third-order valence-electron chi connectivity index (χ3n) is 3.10. The highest BCUT2D eigenvalue weighted by Crippen LogP contribution is 2.07. The minimum atomic E-state index is -0.203. The standard InChI is InChI=1S/C16H21FN4/c1-2-3-10-19-16-20-12-9-15(21-16)18-11-8-13-4-6-14(17)7-5-13/h4-7,9,12H,2-3,8,10-11H2,1H3,(H2,18,19,20,21). The molecule has 0 radical (unpaired) electrons. The number of rotatable bonds is 8. The molecule has 4 nitrogen and oxygen atoms in total. The maximum atomic E-state index is 12.8. The van der Waals surface area contributed by atoms with Gasteiger partial charge in [-0.3, -0.25) is 0 Å². The molecule has 112 valence electrons. The predicted molar refractivity (Wildman–Crippen MR) is 84.0 cm³/mol. The van der Waals surface area contributed by atoms with Gasteiger partial charge >= 0.3 is 0 Å². The molecule has 0 spiro atoms. The zero-order valence-electron chi connectivity index (χ0n) is 12.3. The molecule has 2 aromatic rings. The number of hydrogen-bond donors (Lipinski definition) is 2. The summed E-state index contributed by atoms with van der Waals surface area (Å²) in [4.78, 5) is 8.58. The van der Waals surface area contributed by atoms with Gasteiger partial charge in [0.25, 0.3) is 0 Å². The first-order valence-corrected chi connectivity index (χ1v) is 7.33. The highest BCUT2D eigenvalue weighted by molar-refractivity contribution is 5.39. The highest BCUT2D eigenvalue weighted by Gasteiger charge is 1.99. The monoisotopic (exact) mass is 288 g/mol. The van der Waals surface area contributed by atoms with E-state index in [9.17, 15) is 4.39 Å². The Morgan fingerprint density at radius 1 is 1.05 bits per heavy atom. The topological polar surface area (TPSA) is 49.8 Å². The van der Waals surface area contributed by atoms with E-state index in [1.54, 1.807) is 18.3 Å². The number of benzene rings is 1. The van der Waals surface area contributed by atoms with Gasteiger partial charge in [-0.25, -0.2) is 9.37 Å². The van der Waals surface area contributed by atoms with Gasteiger partial charge in [0.1, 0.15) is 11.6 Å². The Morgan fingerprint density at radius 3 is 2.62 bits per heavy atom. The lowest BCUT2D eigenvalue weighted by Gasteiger charge is -2.08. The minimum Gasteiger partial charge on any atom is -0.370 e. The van der Waals surface area contributed by atoms with Gasteiger partial charge in [0.05, 0.1) is 0 Å². The Kier molecular flexibility index (Phi) is 5.94. The van der Waals surface area contributed by atoms with Crippen LogP contribution in [0.4, 0.5) is 16.2 Å². The van der Waals surface area contributed by atoms with E-state index >= 15 is 0 Å². The number of nitrogens with one attached hydrogen (secondary N) is 2. The molecule has 2 N–H and O–H groups in total. The Hall–Kier alpha value is -2.17. The summed E-state index contributed by atoms with van der Waals surface area (Å²) >= 11 is 0. The van der Waals surface area contributed by atoms with Crippen molar-refractivity contribution in [1.82, 2.24) is 9.97 Å². The number of anilines is 2. The van der Waals surface area contributed by atoms with Crippen LogP contribution in [0.1, 0.15) is 25.3 Å². The molecule has 0 saturated heterocycles. The molecule has 0 aliphatic rings. The number of hydrogen-bond acceptors (Lipinski definition) is 4. The van der Waals surface area contributed by atoms with Crippen LogP contribution >= 0.6 is 0 Å². The van der Waals surface area contributed by atoms with Crippen LogP contribution in [0.2, 0.25) is 0 Å². The SMILES string of the molecule is CCCCNc1nccc(NCCc2ccc(F)cc2)n1. The molecule has 0 aliphatic carbocycles. The molecule has 1 heterocycles. The molecule has 0 aliphatic heterocycles. The third kappa shape index (κ3) is 5.38. The molecule has 0 unspecified atom stereocenters. The average Bonchev–Trinajstić information content (AvgIpc) is 2.50. The second-order valence-electron chi connectivity index (χ2n) is 4.85. The molecule has 5 heteroatoms. The molecule has 0 atom stereocenters. The van der Waals surface area contributed by atoms with Crippen molar-refractivity contribution in [3.63, 3.8) is 0 Å². The summed E-state index contributed by atoms with van der Waals surface area (Å²) in [5.74, 6) is 1.24. The summed E-state index contributed by atoms with van der Waals surface area (Å²) in [5.41, 5.74) is 1.10. The predicted octanol–water partition coefficient (Wildman–Crippen LogP) is 3.48. The second kappa shape index (κ2) is 8.19. The first kappa shape index (κ1) is 15.2. The fraction of sp³-hybridized carbons (Fsp3) is 0.375. The summed E-state index contributed by atoms with van der Waals surface area (Å²) in [7, 11) is 0. The smallest absolute Gasteiger partial charge is 0.224 e. The molecule has 2 rings (SSSR count). The Balaban J connectivity index is 1.79. The Labute approximate surface area is 124 Å². The fourth-order valence-electron chi connectivity index (χ4n) is 1.91. The van der Waals surface area contributed by atoms with Crippen LogP contribution in [0.5, 0.6) is 0 Å². The number of unbranched alkanes of at least 4 members (excludes halogenated alkanes) is 1. The number of aromatic nitrogens is 2. The molecule has 0 amide bonds. The zero-order valence-corrected chi connectivity index (χ0v) is 12.3. The number of halogens is 1. The van der Waals surface area contributed by atoms with E-state index in [1.807, 2.05) is 6.07 Å². The molecular formula is C16H21FN4. The molecule has 1 aromatic carbocycles. The fourth-order valence-corrected chi connectivity index (χ4v) is 1.91. The lowest BCUT2D eigenvalue weighted by molar-refractivity contribution is 0.627.